The molecule has 1 amide bonds. The minimum atomic E-state index is -0.247. The number of carbonyl (C=O) groups is 1. The quantitative estimate of drug-likeness (QED) is 0.524. The summed E-state index contributed by atoms with van der Waals surface area (Å²) in [6.07, 6.45) is 0.838. The Labute approximate surface area is 159 Å². The van der Waals surface area contributed by atoms with Gasteiger partial charge in [0.05, 0.1) is 6.61 Å². The molecule has 2 rings (SSSR count). The number of ether oxygens (including phenoxy) is 2. The van der Waals surface area contributed by atoms with Gasteiger partial charge in [0.1, 0.15) is 12.4 Å². The van der Waals surface area contributed by atoms with Gasteiger partial charge in [-0.25, -0.2) is 0 Å². The van der Waals surface area contributed by atoms with Gasteiger partial charge in [0.15, 0.2) is 5.11 Å². The molecule has 0 aliphatic rings. The highest BCUT2D eigenvalue weighted by molar-refractivity contribution is 7.80. The van der Waals surface area contributed by atoms with E-state index in [9.17, 15) is 4.79 Å². The van der Waals surface area contributed by atoms with Crippen LogP contribution < -0.4 is 15.4 Å². The average Bonchev–Trinajstić information content (AvgIpc) is 2.66. The highest BCUT2D eigenvalue weighted by Gasteiger charge is 2.08. The molecule has 0 saturated carbocycles. The van der Waals surface area contributed by atoms with E-state index in [4.69, 9.17) is 21.7 Å². The standard InChI is InChI=1S/C20H24N2O3S/c1-2-24-14-15-25-18-10-8-17(9-11-18)19(23)22-20(26)21-13-12-16-6-4-3-5-7-16/h3-11H,2,12-15H2,1H3,(H2,21,22,23,26). The summed E-state index contributed by atoms with van der Waals surface area (Å²) in [5.74, 6) is 0.452. The first-order chi connectivity index (χ1) is 12.7. The van der Waals surface area contributed by atoms with Crippen molar-refractivity contribution in [2.24, 2.45) is 0 Å². The summed E-state index contributed by atoms with van der Waals surface area (Å²) in [5.41, 5.74) is 1.74. The van der Waals surface area contributed by atoms with Gasteiger partial charge in [-0.15, -0.1) is 0 Å². The van der Waals surface area contributed by atoms with Crippen LogP contribution in [-0.2, 0) is 11.2 Å². The molecule has 2 aromatic rings. The van der Waals surface area contributed by atoms with Crippen molar-refractivity contribution in [1.29, 1.82) is 0 Å². The van der Waals surface area contributed by atoms with Crippen LogP contribution in [0.5, 0.6) is 5.75 Å². The van der Waals surface area contributed by atoms with Crippen LogP contribution in [0.1, 0.15) is 22.8 Å². The van der Waals surface area contributed by atoms with E-state index in [-0.39, 0.29) is 5.91 Å². The molecular weight excluding hydrogens is 348 g/mol. The number of nitrogens with one attached hydrogen (secondary N) is 2. The smallest absolute Gasteiger partial charge is 0.257 e. The maximum Gasteiger partial charge on any atom is 0.257 e. The van der Waals surface area contributed by atoms with E-state index in [1.165, 1.54) is 5.56 Å². The Morgan fingerprint density at radius 3 is 2.46 bits per heavy atom. The van der Waals surface area contributed by atoms with Crippen molar-refractivity contribution in [2.45, 2.75) is 13.3 Å². The van der Waals surface area contributed by atoms with E-state index >= 15 is 0 Å². The Morgan fingerprint density at radius 2 is 1.77 bits per heavy atom. The molecule has 0 aliphatic heterocycles. The fraction of sp³-hybridized carbons (Fsp3) is 0.300. The van der Waals surface area contributed by atoms with Crippen molar-refractivity contribution >= 4 is 23.2 Å². The molecule has 0 bridgehead atoms. The molecule has 2 N–H and O–H groups in total. The van der Waals surface area contributed by atoms with Gasteiger partial charge in [-0.1, -0.05) is 30.3 Å². The second-order valence-electron chi connectivity index (χ2n) is 5.52. The Bertz CT molecular complexity index is 690. The summed E-state index contributed by atoms with van der Waals surface area (Å²) in [7, 11) is 0. The topological polar surface area (TPSA) is 59.6 Å². The lowest BCUT2D eigenvalue weighted by atomic mass is 10.1. The highest BCUT2D eigenvalue weighted by atomic mass is 32.1. The van der Waals surface area contributed by atoms with Gasteiger partial charge < -0.3 is 14.8 Å². The fourth-order valence-corrected chi connectivity index (χ4v) is 2.44. The third kappa shape index (κ3) is 7.21. The van der Waals surface area contributed by atoms with E-state index in [1.54, 1.807) is 24.3 Å². The number of benzene rings is 2. The van der Waals surface area contributed by atoms with Crippen molar-refractivity contribution in [2.75, 3.05) is 26.4 Å². The summed E-state index contributed by atoms with van der Waals surface area (Å²) in [6, 6.07) is 17.0. The van der Waals surface area contributed by atoms with Crippen LogP contribution in [0.3, 0.4) is 0 Å². The molecule has 0 fully saturated rings. The van der Waals surface area contributed by atoms with Gasteiger partial charge in [0.25, 0.3) is 5.91 Å². The van der Waals surface area contributed by atoms with Crippen LogP contribution in [-0.4, -0.2) is 37.4 Å². The van der Waals surface area contributed by atoms with Crippen LogP contribution in [0.15, 0.2) is 54.6 Å². The molecule has 0 unspecified atom stereocenters. The SMILES string of the molecule is CCOCCOc1ccc(C(=O)NC(=S)NCCc2ccccc2)cc1. The predicted octanol–water partition coefficient (Wildman–Crippen LogP) is 2.95. The Hall–Kier alpha value is -2.44. The summed E-state index contributed by atoms with van der Waals surface area (Å²) in [6.45, 7) is 4.29. The Morgan fingerprint density at radius 1 is 1.04 bits per heavy atom. The first-order valence-corrected chi connectivity index (χ1v) is 9.03. The number of rotatable bonds is 9. The van der Waals surface area contributed by atoms with Crippen LogP contribution in [0, 0.1) is 0 Å². The summed E-state index contributed by atoms with van der Waals surface area (Å²) in [5, 5.41) is 6.05. The minimum Gasteiger partial charge on any atom is -0.491 e. The molecular formula is C20H24N2O3S. The zero-order valence-electron chi connectivity index (χ0n) is 14.9. The number of hydrogen-bond donors (Lipinski definition) is 2. The molecule has 0 radical (unpaired) electrons. The number of hydrogen-bond acceptors (Lipinski definition) is 4. The molecule has 0 aromatic heterocycles. The predicted molar refractivity (Wildman–Crippen MR) is 107 cm³/mol. The van der Waals surface area contributed by atoms with Crippen molar-refractivity contribution < 1.29 is 14.3 Å². The lowest BCUT2D eigenvalue weighted by Gasteiger charge is -2.10. The molecule has 0 saturated heterocycles. The number of carbonyl (C=O) groups excluding carboxylic acids is 1. The maximum atomic E-state index is 12.2. The number of amides is 1. The molecule has 0 aliphatic carbocycles. The molecule has 5 nitrogen and oxygen atoms in total. The molecule has 26 heavy (non-hydrogen) atoms. The number of thiocarbonyl (C=S) groups is 1. The summed E-state index contributed by atoms with van der Waals surface area (Å²) < 4.78 is 10.7. The largest absolute Gasteiger partial charge is 0.491 e. The Balaban J connectivity index is 1.71. The summed E-state index contributed by atoms with van der Waals surface area (Å²) in [4.78, 5) is 12.2. The van der Waals surface area contributed by atoms with Crippen LogP contribution >= 0.6 is 12.2 Å². The van der Waals surface area contributed by atoms with Gasteiger partial charge in [-0.05, 0) is 55.4 Å². The van der Waals surface area contributed by atoms with E-state index in [0.717, 1.165) is 6.42 Å². The average molecular weight is 372 g/mol. The van der Waals surface area contributed by atoms with E-state index < -0.39 is 0 Å². The lowest BCUT2D eigenvalue weighted by Crippen LogP contribution is -2.40. The van der Waals surface area contributed by atoms with E-state index in [2.05, 4.69) is 22.8 Å². The second kappa shape index (κ2) is 11.2. The van der Waals surface area contributed by atoms with Crippen molar-refractivity contribution in [3.8, 4) is 5.75 Å². The van der Waals surface area contributed by atoms with Crippen molar-refractivity contribution in [1.82, 2.24) is 10.6 Å². The highest BCUT2D eigenvalue weighted by Crippen LogP contribution is 2.12. The monoisotopic (exact) mass is 372 g/mol. The Kier molecular flexibility index (Phi) is 8.59. The zero-order chi connectivity index (χ0) is 18.6. The van der Waals surface area contributed by atoms with Crippen molar-refractivity contribution in [3.63, 3.8) is 0 Å². The first-order valence-electron chi connectivity index (χ1n) is 8.62. The molecule has 138 valence electrons. The van der Waals surface area contributed by atoms with Gasteiger partial charge in [0, 0.05) is 18.7 Å². The molecule has 2 aromatic carbocycles. The van der Waals surface area contributed by atoms with Crippen LogP contribution in [0.2, 0.25) is 0 Å². The van der Waals surface area contributed by atoms with Crippen LogP contribution in [0.4, 0.5) is 0 Å². The van der Waals surface area contributed by atoms with Crippen molar-refractivity contribution in [3.05, 3.63) is 65.7 Å². The fourth-order valence-electron chi connectivity index (χ4n) is 2.25. The lowest BCUT2D eigenvalue weighted by molar-refractivity contribution is 0.0976. The van der Waals surface area contributed by atoms with E-state index in [0.29, 0.717) is 42.8 Å². The molecule has 6 heteroatoms. The van der Waals surface area contributed by atoms with E-state index in [1.807, 2.05) is 25.1 Å². The van der Waals surface area contributed by atoms with Gasteiger partial charge in [0.2, 0.25) is 0 Å². The first kappa shape index (κ1) is 19.9. The summed E-state index contributed by atoms with van der Waals surface area (Å²) >= 11 is 5.17. The molecule has 0 atom stereocenters. The van der Waals surface area contributed by atoms with Crippen LogP contribution in [0.25, 0.3) is 0 Å². The van der Waals surface area contributed by atoms with Gasteiger partial charge in [-0.2, -0.15) is 0 Å². The van der Waals surface area contributed by atoms with Gasteiger partial charge in [-0.3, -0.25) is 10.1 Å². The third-order valence-electron chi connectivity index (χ3n) is 3.59. The van der Waals surface area contributed by atoms with Gasteiger partial charge >= 0.3 is 0 Å². The maximum absolute atomic E-state index is 12.2. The molecule has 0 spiro atoms. The zero-order valence-corrected chi connectivity index (χ0v) is 15.7. The normalized spacial score (nSPS) is 10.2. The molecule has 0 heterocycles. The second-order valence-corrected chi connectivity index (χ2v) is 5.92. The third-order valence-corrected chi connectivity index (χ3v) is 3.83. The minimum absolute atomic E-state index is 0.247.